The lowest BCUT2D eigenvalue weighted by Crippen LogP contribution is -2.20. The molecule has 36 heavy (non-hydrogen) atoms. The summed E-state index contributed by atoms with van der Waals surface area (Å²) in [6.07, 6.45) is 1.20. The lowest BCUT2D eigenvalue weighted by atomic mass is 9.94. The van der Waals surface area contributed by atoms with Crippen LogP contribution in [0.2, 0.25) is 0 Å². The van der Waals surface area contributed by atoms with Crippen LogP contribution in [-0.4, -0.2) is 17.0 Å². The van der Waals surface area contributed by atoms with Gasteiger partial charge in [0.1, 0.15) is 0 Å². The number of anilines is 1. The summed E-state index contributed by atoms with van der Waals surface area (Å²) in [4.78, 5) is 24.4. The Morgan fingerprint density at radius 2 is 1.56 bits per heavy atom. The fourth-order valence-electron chi connectivity index (χ4n) is 4.46. The fourth-order valence-corrected chi connectivity index (χ4v) is 4.46. The third-order valence-corrected chi connectivity index (χ3v) is 6.45. The van der Waals surface area contributed by atoms with Crippen molar-refractivity contribution < 1.29 is 14.7 Å². The van der Waals surface area contributed by atoms with Crippen molar-refractivity contribution in [2.24, 2.45) is 0 Å². The molecule has 0 fully saturated rings. The molecule has 4 aromatic carbocycles. The largest absolute Gasteiger partial charge is 0.481 e. The van der Waals surface area contributed by atoms with E-state index in [0.29, 0.717) is 19.4 Å². The number of amides is 1. The van der Waals surface area contributed by atoms with Crippen LogP contribution in [0.15, 0.2) is 91.0 Å². The molecule has 0 radical (unpaired) electrons. The van der Waals surface area contributed by atoms with Gasteiger partial charge in [-0.05, 0) is 58.9 Å². The van der Waals surface area contributed by atoms with Crippen LogP contribution in [0.25, 0.3) is 10.8 Å². The number of nitrogens with one attached hydrogen (secondary N) is 2. The van der Waals surface area contributed by atoms with Gasteiger partial charge in [0.25, 0.3) is 0 Å². The number of hydrogen-bond donors (Lipinski definition) is 3. The summed E-state index contributed by atoms with van der Waals surface area (Å²) < 4.78 is 0. The van der Waals surface area contributed by atoms with Crippen LogP contribution >= 0.6 is 0 Å². The average Bonchev–Trinajstić information content (AvgIpc) is 2.89. The van der Waals surface area contributed by atoms with Crippen molar-refractivity contribution in [1.29, 1.82) is 0 Å². The lowest BCUT2D eigenvalue weighted by molar-refractivity contribution is -0.137. The van der Waals surface area contributed by atoms with Gasteiger partial charge in [-0.15, -0.1) is 0 Å². The number of aryl methyl sites for hydroxylation is 1. The van der Waals surface area contributed by atoms with Gasteiger partial charge in [-0.25, -0.2) is 0 Å². The zero-order valence-corrected chi connectivity index (χ0v) is 20.5. The molecule has 0 saturated carbocycles. The van der Waals surface area contributed by atoms with Gasteiger partial charge in [0.2, 0.25) is 5.91 Å². The predicted molar refractivity (Wildman–Crippen MR) is 145 cm³/mol. The van der Waals surface area contributed by atoms with E-state index in [1.54, 1.807) is 0 Å². The zero-order chi connectivity index (χ0) is 25.3. The SMILES string of the molecule is CC(C(=O)Nc1cc(CNCc2ccccc2)ccc1CCCC(=O)O)c1cccc2ccccc12. The maximum Gasteiger partial charge on any atom is 0.303 e. The Morgan fingerprint density at radius 1 is 0.833 bits per heavy atom. The highest BCUT2D eigenvalue weighted by atomic mass is 16.4. The minimum Gasteiger partial charge on any atom is -0.481 e. The Kier molecular flexibility index (Phi) is 8.48. The number of hydrogen-bond acceptors (Lipinski definition) is 3. The average molecular weight is 481 g/mol. The molecule has 3 N–H and O–H groups in total. The normalized spacial score (nSPS) is 11.8. The predicted octanol–water partition coefficient (Wildman–Crippen LogP) is 6.28. The molecule has 0 bridgehead atoms. The zero-order valence-electron chi connectivity index (χ0n) is 20.5. The van der Waals surface area contributed by atoms with Gasteiger partial charge < -0.3 is 15.7 Å². The van der Waals surface area contributed by atoms with E-state index in [2.05, 4.69) is 34.9 Å². The third kappa shape index (κ3) is 6.58. The van der Waals surface area contributed by atoms with Crippen molar-refractivity contribution in [2.75, 3.05) is 5.32 Å². The van der Waals surface area contributed by atoms with Crippen LogP contribution in [0.3, 0.4) is 0 Å². The first-order chi connectivity index (χ1) is 17.5. The van der Waals surface area contributed by atoms with Gasteiger partial charge in [0, 0.05) is 25.2 Å². The molecule has 0 saturated heterocycles. The Hall–Kier alpha value is -3.96. The summed E-state index contributed by atoms with van der Waals surface area (Å²) in [6.45, 7) is 3.33. The maximum absolute atomic E-state index is 13.4. The molecule has 0 aliphatic heterocycles. The highest BCUT2D eigenvalue weighted by molar-refractivity contribution is 5.99. The third-order valence-electron chi connectivity index (χ3n) is 6.45. The number of carbonyl (C=O) groups excluding carboxylic acids is 1. The van der Waals surface area contributed by atoms with E-state index in [9.17, 15) is 9.59 Å². The molecule has 0 aromatic heterocycles. The second-order valence-corrected chi connectivity index (χ2v) is 9.11. The van der Waals surface area contributed by atoms with E-state index in [1.807, 2.05) is 73.7 Å². The van der Waals surface area contributed by atoms with E-state index in [4.69, 9.17) is 5.11 Å². The van der Waals surface area contributed by atoms with Crippen molar-refractivity contribution in [2.45, 2.75) is 45.2 Å². The van der Waals surface area contributed by atoms with Crippen LogP contribution in [0.5, 0.6) is 0 Å². The highest BCUT2D eigenvalue weighted by Crippen LogP contribution is 2.28. The molecule has 4 rings (SSSR count). The topological polar surface area (TPSA) is 78.4 Å². The maximum atomic E-state index is 13.4. The van der Waals surface area contributed by atoms with Gasteiger partial charge >= 0.3 is 5.97 Å². The molecule has 184 valence electrons. The van der Waals surface area contributed by atoms with Crippen LogP contribution < -0.4 is 10.6 Å². The molecule has 0 heterocycles. The molecule has 1 atom stereocenters. The Morgan fingerprint density at radius 3 is 2.36 bits per heavy atom. The van der Waals surface area contributed by atoms with Crippen molar-refractivity contribution in [3.05, 3.63) is 113 Å². The van der Waals surface area contributed by atoms with Crippen LogP contribution in [0.4, 0.5) is 5.69 Å². The lowest BCUT2D eigenvalue weighted by Gasteiger charge is -2.18. The molecular formula is C31H32N2O3. The molecule has 0 aliphatic carbocycles. The van der Waals surface area contributed by atoms with Crippen molar-refractivity contribution >= 4 is 28.3 Å². The van der Waals surface area contributed by atoms with Crippen LogP contribution in [-0.2, 0) is 29.1 Å². The minimum absolute atomic E-state index is 0.0831. The standard InChI is InChI=1S/C31H32N2O3/c1-22(27-15-7-12-25-11-5-6-14-28(25)27)31(36)33-29-19-24(17-18-26(29)13-8-16-30(34)35)21-32-20-23-9-3-2-4-10-23/h2-7,9-12,14-15,17-19,22,32H,8,13,16,20-21H2,1H3,(H,33,36)(H,34,35). The second-order valence-electron chi connectivity index (χ2n) is 9.11. The molecule has 0 spiro atoms. The number of fused-ring (bicyclic) bond motifs is 1. The molecule has 4 aromatic rings. The molecule has 1 unspecified atom stereocenters. The minimum atomic E-state index is -0.813. The molecular weight excluding hydrogens is 448 g/mol. The monoisotopic (exact) mass is 480 g/mol. The van der Waals surface area contributed by atoms with E-state index in [-0.39, 0.29) is 18.2 Å². The summed E-state index contributed by atoms with van der Waals surface area (Å²) in [5.74, 6) is -1.24. The van der Waals surface area contributed by atoms with Crippen LogP contribution in [0.1, 0.15) is 47.9 Å². The van der Waals surface area contributed by atoms with Crippen molar-refractivity contribution in [3.8, 4) is 0 Å². The number of carbonyl (C=O) groups is 2. The quantitative estimate of drug-likeness (QED) is 0.236. The molecule has 0 aliphatic rings. The second kappa shape index (κ2) is 12.1. The number of benzene rings is 4. The molecule has 1 amide bonds. The van der Waals surface area contributed by atoms with Gasteiger partial charge in [-0.2, -0.15) is 0 Å². The number of rotatable bonds is 11. The first kappa shape index (κ1) is 25.1. The number of carboxylic acid groups (broad SMARTS) is 1. The van der Waals surface area contributed by atoms with Crippen molar-refractivity contribution in [3.63, 3.8) is 0 Å². The first-order valence-electron chi connectivity index (χ1n) is 12.4. The van der Waals surface area contributed by atoms with Crippen molar-refractivity contribution in [1.82, 2.24) is 5.32 Å². The fraction of sp³-hybridized carbons (Fsp3) is 0.226. The Labute approximate surface area is 212 Å². The van der Waals surface area contributed by atoms with Gasteiger partial charge in [-0.1, -0.05) is 84.9 Å². The van der Waals surface area contributed by atoms with E-state index < -0.39 is 5.97 Å². The Balaban J connectivity index is 1.51. The van der Waals surface area contributed by atoms with Crippen LogP contribution in [0, 0.1) is 0 Å². The van der Waals surface area contributed by atoms with E-state index in [0.717, 1.165) is 39.7 Å². The summed E-state index contributed by atoms with van der Waals surface area (Å²) in [5, 5.41) is 17.8. The number of carboxylic acids is 1. The summed E-state index contributed by atoms with van der Waals surface area (Å²) in [5.41, 5.74) is 4.94. The smallest absolute Gasteiger partial charge is 0.303 e. The summed E-state index contributed by atoms with van der Waals surface area (Å²) >= 11 is 0. The number of aliphatic carboxylic acids is 1. The highest BCUT2D eigenvalue weighted by Gasteiger charge is 2.19. The van der Waals surface area contributed by atoms with Gasteiger partial charge in [-0.3, -0.25) is 9.59 Å². The summed E-state index contributed by atoms with van der Waals surface area (Å²) in [6, 6.07) is 30.4. The molecule has 5 nitrogen and oxygen atoms in total. The van der Waals surface area contributed by atoms with E-state index >= 15 is 0 Å². The summed E-state index contributed by atoms with van der Waals surface area (Å²) in [7, 11) is 0. The van der Waals surface area contributed by atoms with Gasteiger partial charge in [0.05, 0.1) is 5.92 Å². The van der Waals surface area contributed by atoms with Gasteiger partial charge in [0.15, 0.2) is 0 Å². The first-order valence-corrected chi connectivity index (χ1v) is 12.4. The Bertz CT molecular complexity index is 1330. The van der Waals surface area contributed by atoms with E-state index in [1.165, 1.54) is 5.56 Å². The molecule has 5 heteroatoms.